The SMILES string of the molecule is C[C@@H]1C(=O)NCCN1C(=O)N[C@@H](c1ccc(F)c(Cl)c1)c1cccc(OC(F)F)n1. The molecule has 1 aliphatic heterocycles. The van der Waals surface area contributed by atoms with Crippen molar-refractivity contribution < 1.29 is 27.5 Å². The summed E-state index contributed by atoms with van der Waals surface area (Å²) in [5, 5.41) is 5.19. The van der Waals surface area contributed by atoms with Crippen LogP contribution in [-0.4, -0.2) is 47.6 Å². The first-order valence-corrected chi connectivity index (χ1v) is 9.35. The van der Waals surface area contributed by atoms with Gasteiger partial charge < -0.3 is 20.3 Å². The van der Waals surface area contributed by atoms with Gasteiger partial charge in [-0.15, -0.1) is 0 Å². The Kier molecular flexibility index (Phi) is 6.66. The molecule has 3 amide bonds. The Balaban J connectivity index is 1.94. The van der Waals surface area contributed by atoms with Crippen molar-refractivity contribution in [2.45, 2.75) is 25.6 Å². The molecule has 160 valence electrons. The minimum Gasteiger partial charge on any atom is -0.417 e. The average molecular weight is 443 g/mol. The molecule has 3 rings (SSSR count). The van der Waals surface area contributed by atoms with Crippen LogP contribution >= 0.6 is 11.6 Å². The van der Waals surface area contributed by atoms with Crippen LogP contribution in [0.2, 0.25) is 5.02 Å². The van der Waals surface area contributed by atoms with Crippen molar-refractivity contribution in [2.75, 3.05) is 13.1 Å². The van der Waals surface area contributed by atoms with Gasteiger partial charge in [0.05, 0.1) is 16.8 Å². The van der Waals surface area contributed by atoms with Gasteiger partial charge in [-0.25, -0.2) is 14.2 Å². The first kappa shape index (κ1) is 21.7. The molecular weight excluding hydrogens is 425 g/mol. The molecule has 0 saturated carbocycles. The van der Waals surface area contributed by atoms with Gasteiger partial charge in [0.2, 0.25) is 11.8 Å². The largest absolute Gasteiger partial charge is 0.417 e. The van der Waals surface area contributed by atoms with E-state index in [1.54, 1.807) is 6.92 Å². The molecule has 2 aromatic rings. The van der Waals surface area contributed by atoms with Crippen molar-refractivity contribution in [3.8, 4) is 5.88 Å². The van der Waals surface area contributed by atoms with Crippen molar-refractivity contribution in [3.05, 3.63) is 58.5 Å². The monoisotopic (exact) mass is 442 g/mol. The van der Waals surface area contributed by atoms with E-state index >= 15 is 0 Å². The number of hydrogen-bond acceptors (Lipinski definition) is 4. The van der Waals surface area contributed by atoms with Gasteiger partial charge in [-0.3, -0.25) is 4.79 Å². The maximum atomic E-state index is 13.6. The van der Waals surface area contributed by atoms with Crippen molar-refractivity contribution in [1.82, 2.24) is 20.5 Å². The van der Waals surface area contributed by atoms with Crippen molar-refractivity contribution >= 4 is 23.5 Å². The zero-order valence-corrected chi connectivity index (χ0v) is 16.5. The predicted molar refractivity (Wildman–Crippen MR) is 102 cm³/mol. The summed E-state index contributed by atoms with van der Waals surface area (Å²) in [5.41, 5.74) is 0.531. The topological polar surface area (TPSA) is 83.6 Å². The second-order valence-electron chi connectivity index (χ2n) is 6.50. The molecule has 7 nitrogen and oxygen atoms in total. The Morgan fingerprint density at radius 1 is 1.37 bits per heavy atom. The Morgan fingerprint density at radius 3 is 2.83 bits per heavy atom. The van der Waals surface area contributed by atoms with Crippen LogP contribution in [0.15, 0.2) is 36.4 Å². The summed E-state index contributed by atoms with van der Waals surface area (Å²) < 4.78 is 43.1. The molecule has 1 saturated heterocycles. The van der Waals surface area contributed by atoms with E-state index in [0.29, 0.717) is 12.1 Å². The number of aromatic nitrogens is 1. The molecule has 0 aliphatic carbocycles. The molecule has 1 aromatic carbocycles. The van der Waals surface area contributed by atoms with Crippen LogP contribution in [0.4, 0.5) is 18.0 Å². The zero-order chi connectivity index (χ0) is 21.8. The van der Waals surface area contributed by atoms with Crippen LogP contribution < -0.4 is 15.4 Å². The number of hydrogen-bond donors (Lipinski definition) is 2. The van der Waals surface area contributed by atoms with Gasteiger partial charge in [0, 0.05) is 19.2 Å². The summed E-state index contributed by atoms with van der Waals surface area (Å²) in [6.45, 7) is -0.932. The Hall–Kier alpha value is -3.01. The quantitative estimate of drug-likeness (QED) is 0.745. The number of amides is 3. The smallest absolute Gasteiger partial charge is 0.388 e. The molecule has 1 fully saturated rings. The second-order valence-corrected chi connectivity index (χ2v) is 6.90. The maximum absolute atomic E-state index is 13.6. The van der Waals surface area contributed by atoms with Crippen molar-refractivity contribution in [2.24, 2.45) is 0 Å². The van der Waals surface area contributed by atoms with Gasteiger partial charge in [0.25, 0.3) is 0 Å². The van der Waals surface area contributed by atoms with Gasteiger partial charge in [-0.1, -0.05) is 23.7 Å². The molecular formula is C19H18ClF3N4O3. The van der Waals surface area contributed by atoms with Crippen molar-refractivity contribution in [3.63, 3.8) is 0 Å². The lowest BCUT2D eigenvalue weighted by atomic mass is 10.0. The van der Waals surface area contributed by atoms with Gasteiger partial charge >= 0.3 is 12.6 Å². The molecule has 0 radical (unpaired) electrons. The average Bonchev–Trinajstić information content (AvgIpc) is 2.70. The summed E-state index contributed by atoms with van der Waals surface area (Å²) in [7, 11) is 0. The van der Waals surface area contributed by atoms with E-state index < -0.39 is 30.5 Å². The highest BCUT2D eigenvalue weighted by Crippen LogP contribution is 2.27. The molecule has 0 bridgehead atoms. The summed E-state index contributed by atoms with van der Waals surface area (Å²) >= 11 is 5.88. The number of rotatable bonds is 5. The fourth-order valence-corrected chi connectivity index (χ4v) is 3.22. The van der Waals surface area contributed by atoms with E-state index in [2.05, 4.69) is 20.4 Å². The predicted octanol–water partition coefficient (Wildman–Crippen LogP) is 3.09. The molecule has 2 heterocycles. The molecule has 0 unspecified atom stereocenters. The number of carbonyl (C=O) groups is 2. The summed E-state index contributed by atoms with van der Waals surface area (Å²) in [6.07, 6.45) is 0. The van der Waals surface area contributed by atoms with Crippen LogP contribution in [-0.2, 0) is 4.79 Å². The fourth-order valence-electron chi connectivity index (χ4n) is 3.03. The molecule has 2 atom stereocenters. The molecule has 2 N–H and O–H groups in total. The lowest BCUT2D eigenvalue weighted by Gasteiger charge is -2.34. The van der Waals surface area contributed by atoms with Crippen LogP contribution in [0.25, 0.3) is 0 Å². The molecule has 30 heavy (non-hydrogen) atoms. The summed E-state index contributed by atoms with van der Waals surface area (Å²) in [6, 6.07) is 5.72. The van der Waals surface area contributed by atoms with Crippen LogP contribution in [0, 0.1) is 5.82 Å². The number of urea groups is 1. The number of halogens is 4. The minimum atomic E-state index is -3.08. The maximum Gasteiger partial charge on any atom is 0.388 e. The normalized spacial score (nSPS) is 17.5. The van der Waals surface area contributed by atoms with E-state index in [1.165, 1.54) is 35.2 Å². The first-order chi connectivity index (χ1) is 14.3. The number of piperazine rings is 1. The van der Waals surface area contributed by atoms with Crippen LogP contribution in [0.1, 0.15) is 24.2 Å². The first-order valence-electron chi connectivity index (χ1n) is 8.98. The third-order valence-corrected chi connectivity index (χ3v) is 4.84. The number of alkyl halides is 2. The molecule has 11 heteroatoms. The number of nitrogens with zero attached hydrogens (tertiary/aromatic N) is 2. The van der Waals surface area contributed by atoms with Gasteiger partial charge in [-0.2, -0.15) is 8.78 Å². The highest BCUT2D eigenvalue weighted by atomic mass is 35.5. The number of ether oxygens (including phenoxy) is 1. The highest BCUT2D eigenvalue weighted by molar-refractivity contribution is 6.30. The Labute approximate surface area is 175 Å². The number of pyridine rings is 1. The summed E-state index contributed by atoms with van der Waals surface area (Å²) in [4.78, 5) is 30.1. The molecule has 1 aromatic heterocycles. The molecule has 0 spiro atoms. The van der Waals surface area contributed by atoms with Crippen LogP contribution in [0.3, 0.4) is 0 Å². The van der Waals surface area contributed by atoms with E-state index in [-0.39, 0.29) is 29.0 Å². The Morgan fingerprint density at radius 2 is 2.13 bits per heavy atom. The van der Waals surface area contributed by atoms with Crippen molar-refractivity contribution in [1.29, 1.82) is 0 Å². The van der Waals surface area contributed by atoms with E-state index in [4.69, 9.17) is 11.6 Å². The minimum absolute atomic E-state index is 0.165. The fraction of sp³-hybridized carbons (Fsp3) is 0.316. The number of nitrogens with one attached hydrogen (secondary N) is 2. The lowest BCUT2D eigenvalue weighted by molar-refractivity contribution is -0.126. The highest BCUT2D eigenvalue weighted by Gasteiger charge is 2.31. The van der Waals surface area contributed by atoms with Gasteiger partial charge in [-0.05, 0) is 30.7 Å². The third-order valence-electron chi connectivity index (χ3n) is 4.56. The zero-order valence-electron chi connectivity index (χ0n) is 15.7. The van der Waals surface area contributed by atoms with E-state index in [0.717, 1.165) is 6.07 Å². The van der Waals surface area contributed by atoms with E-state index in [1.807, 2.05) is 0 Å². The lowest BCUT2D eigenvalue weighted by Crippen LogP contribution is -2.58. The van der Waals surface area contributed by atoms with Crippen LogP contribution in [0.5, 0.6) is 5.88 Å². The molecule has 1 aliphatic rings. The van der Waals surface area contributed by atoms with Gasteiger partial charge in [0.1, 0.15) is 11.9 Å². The van der Waals surface area contributed by atoms with Gasteiger partial charge in [0.15, 0.2) is 0 Å². The number of carbonyl (C=O) groups excluding carboxylic acids is 2. The third kappa shape index (κ3) is 4.93. The number of benzene rings is 1. The second kappa shape index (κ2) is 9.21. The van der Waals surface area contributed by atoms with E-state index in [9.17, 15) is 22.8 Å². The Bertz CT molecular complexity index is 947. The standard InChI is InChI=1S/C19H18ClF3N4O3/c1-10-17(28)24-7-8-27(10)19(29)26-16(11-5-6-13(21)12(20)9-11)14-3-2-4-15(25-14)30-18(22)23/h2-6,9-10,16,18H,7-8H2,1H3,(H,24,28)(H,26,29)/t10-,16+/m1/s1. The summed E-state index contributed by atoms with van der Waals surface area (Å²) in [5.74, 6) is -1.31.